The summed E-state index contributed by atoms with van der Waals surface area (Å²) in [6, 6.07) is 3.65. The van der Waals surface area contributed by atoms with Crippen LogP contribution in [0.25, 0.3) is 0 Å². The molecule has 1 fully saturated rings. The van der Waals surface area contributed by atoms with Gasteiger partial charge in [-0.1, -0.05) is 12.5 Å². The van der Waals surface area contributed by atoms with E-state index in [9.17, 15) is 9.59 Å². The maximum Gasteiger partial charge on any atom is 0.379 e. The molecule has 4 nitrogen and oxygen atoms in total. The summed E-state index contributed by atoms with van der Waals surface area (Å²) in [5.41, 5.74) is 2.11. The van der Waals surface area contributed by atoms with E-state index < -0.39 is 11.8 Å². The van der Waals surface area contributed by atoms with Crippen LogP contribution >= 0.6 is 0 Å². The summed E-state index contributed by atoms with van der Waals surface area (Å²) in [6.45, 7) is 6.26. The molecule has 1 aromatic carbocycles. The number of aryl methyl sites for hydroxylation is 2. The zero-order chi connectivity index (χ0) is 15.4. The molecule has 1 saturated carbocycles. The lowest BCUT2D eigenvalue weighted by molar-refractivity contribution is -0.137. The van der Waals surface area contributed by atoms with Crippen LogP contribution in [0.4, 0.5) is 0 Å². The summed E-state index contributed by atoms with van der Waals surface area (Å²) in [6.07, 6.45) is 3.59. The minimum absolute atomic E-state index is 0.188. The second kappa shape index (κ2) is 6.74. The van der Waals surface area contributed by atoms with Crippen molar-refractivity contribution in [3.05, 3.63) is 28.8 Å². The Hall–Kier alpha value is -1.84. The Morgan fingerprint density at radius 1 is 1.24 bits per heavy atom. The maximum atomic E-state index is 12.2. The Kier molecular flexibility index (Phi) is 4.99. The highest BCUT2D eigenvalue weighted by Gasteiger charge is 2.25. The largest absolute Gasteiger partial charge is 0.492 e. The van der Waals surface area contributed by atoms with E-state index in [1.165, 1.54) is 19.3 Å². The van der Waals surface area contributed by atoms with Gasteiger partial charge in [-0.05, 0) is 56.7 Å². The molecule has 114 valence electrons. The molecular weight excluding hydrogens is 268 g/mol. The van der Waals surface area contributed by atoms with Crippen molar-refractivity contribution in [1.82, 2.24) is 0 Å². The van der Waals surface area contributed by atoms with Gasteiger partial charge in [0, 0.05) is 0 Å². The average Bonchev–Trinajstić information content (AvgIpc) is 2.38. The van der Waals surface area contributed by atoms with Crippen molar-refractivity contribution in [1.29, 1.82) is 0 Å². The summed E-state index contributed by atoms with van der Waals surface area (Å²) in [5.74, 6) is -0.370. The molecule has 0 spiro atoms. The van der Waals surface area contributed by atoms with E-state index in [-0.39, 0.29) is 6.61 Å². The molecule has 0 radical (unpaired) electrons. The molecule has 0 saturated heterocycles. The zero-order valence-corrected chi connectivity index (χ0v) is 12.9. The van der Waals surface area contributed by atoms with Crippen molar-refractivity contribution in [2.45, 2.75) is 40.0 Å². The number of carbonyl (C=O) groups excluding carboxylic acids is 2. The van der Waals surface area contributed by atoms with Gasteiger partial charge in [0.1, 0.15) is 5.75 Å². The fourth-order valence-corrected chi connectivity index (χ4v) is 2.48. The molecular formula is C17H22O4. The van der Waals surface area contributed by atoms with Gasteiger partial charge in [-0.15, -0.1) is 0 Å². The molecule has 2 rings (SSSR count). The Labute approximate surface area is 125 Å². The fraction of sp³-hybridized carbons (Fsp3) is 0.529. The van der Waals surface area contributed by atoms with Crippen molar-refractivity contribution in [3.8, 4) is 5.75 Å². The van der Waals surface area contributed by atoms with Crippen LogP contribution in [0, 0.1) is 19.8 Å². The summed E-state index contributed by atoms with van der Waals surface area (Å²) in [7, 11) is 0. The molecule has 4 heteroatoms. The highest BCUT2D eigenvalue weighted by molar-refractivity contribution is 6.41. The number of ether oxygens (including phenoxy) is 2. The van der Waals surface area contributed by atoms with E-state index in [0.29, 0.717) is 23.8 Å². The van der Waals surface area contributed by atoms with Gasteiger partial charge in [-0.2, -0.15) is 0 Å². The minimum Gasteiger partial charge on any atom is -0.492 e. The number of carbonyl (C=O) groups is 2. The van der Waals surface area contributed by atoms with Gasteiger partial charge in [0.2, 0.25) is 0 Å². The van der Waals surface area contributed by atoms with Crippen LogP contribution in [0.15, 0.2) is 12.1 Å². The van der Waals surface area contributed by atoms with Crippen LogP contribution in [0.1, 0.15) is 47.7 Å². The van der Waals surface area contributed by atoms with E-state index in [1.54, 1.807) is 13.0 Å². The maximum absolute atomic E-state index is 12.2. The zero-order valence-electron chi connectivity index (χ0n) is 12.9. The number of ketones is 1. The van der Waals surface area contributed by atoms with Gasteiger partial charge in [-0.3, -0.25) is 4.79 Å². The Balaban J connectivity index is 2.24. The molecule has 0 amide bonds. The summed E-state index contributed by atoms with van der Waals surface area (Å²) in [5, 5.41) is 0. The molecule has 0 atom stereocenters. The first kappa shape index (κ1) is 15.5. The monoisotopic (exact) mass is 290 g/mol. The molecule has 0 bridgehead atoms. The number of hydrogen-bond acceptors (Lipinski definition) is 4. The lowest BCUT2D eigenvalue weighted by Gasteiger charge is -2.26. The molecule has 0 aromatic heterocycles. The first-order chi connectivity index (χ1) is 10.0. The summed E-state index contributed by atoms with van der Waals surface area (Å²) in [4.78, 5) is 23.9. The normalized spacial score (nSPS) is 14.4. The smallest absolute Gasteiger partial charge is 0.379 e. The number of esters is 1. The molecule has 0 heterocycles. The van der Waals surface area contributed by atoms with Gasteiger partial charge in [0.25, 0.3) is 5.78 Å². The second-order valence-electron chi connectivity index (χ2n) is 5.62. The Morgan fingerprint density at radius 2 is 1.95 bits per heavy atom. The first-order valence-electron chi connectivity index (χ1n) is 7.48. The van der Waals surface area contributed by atoms with Crippen molar-refractivity contribution in [2.24, 2.45) is 5.92 Å². The van der Waals surface area contributed by atoms with Crippen molar-refractivity contribution < 1.29 is 19.1 Å². The highest BCUT2D eigenvalue weighted by Crippen LogP contribution is 2.30. The third-order valence-electron chi connectivity index (χ3n) is 3.81. The molecule has 21 heavy (non-hydrogen) atoms. The number of rotatable bonds is 6. The quantitative estimate of drug-likeness (QED) is 0.458. The van der Waals surface area contributed by atoms with E-state index in [4.69, 9.17) is 9.47 Å². The van der Waals surface area contributed by atoms with Crippen LogP contribution < -0.4 is 4.74 Å². The third kappa shape index (κ3) is 3.63. The number of hydrogen-bond donors (Lipinski definition) is 0. The van der Waals surface area contributed by atoms with Gasteiger partial charge in [0.05, 0.1) is 18.8 Å². The topological polar surface area (TPSA) is 52.6 Å². The SMILES string of the molecule is CCOC(=O)C(=O)c1cc(C)cc(C)c1OCC1CCC1. The number of benzene rings is 1. The van der Waals surface area contributed by atoms with Crippen molar-refractivity contribution in [3.63, 3.8) is 0 Å². The Bertz CT molecular complexity index is 544. The average molecular weight is 290 g/mol. The first-order valence-corrected chi connectivity index (χ1v) is 7.48. The molecule has 0 unspecified atom stereocenters. The second-order valence-corrected chi connectivity index (χ2v) is 5.62. The lowest BCUT2D eigenvalue weighted by Crippen LogP contribution is -2.22. The predicted octanol–water partition coefficient (Wildman–Crippen LogP) is 3.23. The molecule has 1 aromatic rings. The molecule has 1 aliphatic rings. The lowest BCUT2D eigenvalue weighted by atomic mass is 9.86. The predicted molar refractivity (Wildman–Crippen MR) is 79.7 cm³/mol. The van der Waals surface area contributed by atoms with Crippen LogP contribution in [0.3, 0.4) is 0 Å². The molecule has 0 N–H and O–H groups in total. The molecule has 1 aliphatic carbocycles. The van der Waals surface area contributed by atoms with E-state index in [0.717, 1.165) is 11.1 Å². The van der Waals surface area contributed by atoms with E-state index >= 15 is 0 Å². The fourth-order valence-electron chi connectivity index (χ4n) is 2.48. The van der Waals surface area contributed by atoms with Gasteiger partial charge >= 0.3 is 5.97 Å². The standard InChI is InChI=1S/C17H22O4/c1-4-20-17(19)15(18)14-9-11(2)8-12(3)16(14)21-10-13-6-5-7-13/h8-9,13H,4-7,10H2,1-3H3. The summed E-state index contributed by atoms with van der Waals surface area (Å²) >= 11 is 0. The van der Waals surface area contributed by atoms with Crippen LogP contribution in [-0.4, -0.2) is 25.0 Å². The highest BCUT2D eigenvalue weighted by atomic mass is 16.5. The van der Waals surface area contributed by atoms with Crippen LogP contribution in [0.2, 0.25) is 0 Å². The molecule has 0 aliphatic heterocycles. The Morgan fingerprint density at radius 3 is 2.52 bits per heavy atom. The van der Waals surface area contributed by atoms with Gasteiger partial charge < -0.3 is 9.47 Å². The van der Waals surface area contributed by atoms with Gasteiger partial charge in [0.15, 0.2) is 0 Å². The van der Waals surface area contributed by atoms with Crippen LogP contribution in [-0.2, 0) is 9.53 Å². The van der Waals surface area contributed by atoms with E-state index in [1.807, 2.05) is 19.9 Å². The minimum atomic E-state index is -0.823. The van der Waals surface area contributed by atoms with Crippen LogP contribution in [0.5, 0.6) is 5.75 Å². The number of Topliss-reactive ketones (excluding diaryl/α,β-unsaturated/α-hetero) is 1. The van der Waals surface area contributed by atoms with Crippen molar-refractivity contribution in [2.75, 3.05) is 13.2 Å². The third-order valence-corrected chi connectivity index (χ3v) is 3.81. The van der Waals surface area contributed by atoms with Gasteiger partial charge in [-0.25, -0.2) is 4.79 Å². The summed E-state index contributed by atoms with van der Waals surface area (Å²) < 4.78 is 10.7. The van der Waals surface area contributed by atoms with E-state index in [2.05, 4.69) is 0 Å². The van der Waals surface area contributed by atoms with Crippen molar-refractivity contribution >= 4 is 11.8 Å².